The molecule has 5 heteroatoms. The maximum atomic E-state index is 11.8. The molecule has 0 amide bonds. The highest BCUT2D eigenvalue weighted by Crippen LogP contribution is 1.97. The summed E-state index contributed by atoms with van der Waals surface area (Å²) < 4.78 is 28.0. The second kappa shape index (κ2) is 5.88. The first-order chi connectivity index (χ1) is 5.60. The molecular formula is C7H13F2NO2. The zero-order valence-corrected chi connectivity index (χ0v) is 7.22. The Bertz CT molecular complexity index is 141. The lowest BCUT2D eigenvalue weighted by Crippen LogP contribution is -2.34. The molecule has 0 bridgehead atoms. The van der Waals surface area contributed by atoms with Crippen LogP contribution in [-0.2, 0) is 9.53 Å². The number of methoxy groups -OCH3 is 1. The number of alkyl halides is 2. The van der Waals surface area contributed by atoms with E-state index in [1.165, 1.54) is 12.0 Å². The zero-order valence-electron chi connectivity index (χ0n) is 7.22. The minimum Gasteiger partial charge on any atom is -0.468 e. The van der Waals surface area contributed by atoms with Gasteiger partial charge in [0.15, 0.2) is 0 Å². The molecule has 72 valence electrons. The Morgan fingerprint density at radius 3 is 2.50 bits per heavy atom. The molecule has 0 N–H and O–H groups in total. The standard InChI is InChI=1S/C7H13F2NO2/c1-3-10(4-6(8)9)5-7(11)12-2/h6H,3-5H2,1-2H3. The molecule has 0 radical (unpaired) electrons. The lowest BCUT2D eigenvalue weighted by Gasteiger charge is -2.17. The van der Waals surface area contributed by atoms with E-state index in [0.29, 0.717) is 6.54 Å². The van der Waals surface area contributed by atoms with Gasteiger partial charge in [-0.05, 0) is 6.54 Å². The Hall–Kier alpha value is -0.710. The molecule has 0 spiro atoms. The van der Waals surface area contributed by atoms with E-state index in [1.807, 2.05) is 0 Å². The third-order valence-electron chi connectivity index (χ3n) is 1.42. The smallest absolute Gasteiger partial charge is 0.319 e. The van der Waals surface area contributed by atoms with Gasteiger partial charge in [-0.25, -0.2) is 8.78 Å². The van der Waals surface area contributed by atoms with Crippen molar-refractivity contribution >= 4 is 5.97 Å². The van der Waals surface area contributed by atoms with Crippen molar-refractivity contribution in [3.8, 4) is 0 Å². The Labute approximate surface area is 70.3 Å². The largest absolute Gasteiger partial charge is 0.468 e. The maximum absolute atomic E-state index is 11.8. The highest BCUT2D eigenvalue weighted by atomic mass is 19.3. The molecule has 0 aromatic rings. The van der Waals surface area contributed by atoms with Gasteiger partial charge < -0.3 is 4.74 Å². The Kier molecular flexibility index (Phi) is 5.53. The van der Waals surface area contributed by atoms with Crippen molar-refractivity contribution in [2.45, 2.75) is 13.3 Å². The first-order valence-electron chi connectivity index (χ1n) is 3.67. The molecule has 0 saturated heterocycles. The Morgan fingerprint density at radius 1 is 1.58 bits per heavy atom. The first kappa shape index (κ1) is 11.3. The fourth-order valence-corrected chi connectivity index (χ4v) is 0.748. The van der Waals surface area contributed by atoms with Crippen LogP contribution in [0.4, 0.5) is 8.78 Å². The second-order valence-electron chi connectivity index (χ2n) is 2.29. The van der Waals surface area contributed by atoms with Gasteiger partial charge in [-0.1, -0.05) is 6.92 Å². The zero-order chi connectivity index (χ0) is 9.56. The molecule has 0 aliphatic heterocycles. The Morgan fingerprint density at radius 2 is 2.17 bits per heavy atom. The summed E-state index contributed by atoms with van der Waals surface area (Å²) in [6, 6.07) is 0. The van der Waals surface area contributed by atoms with Crippen LogP contribution in [0.1, 0.15) is 6.92 Å². The predicted octanol–water partition coefficient (Wildman–Crippen LogP) is 0.746. The third-order valence-corrected chi connectivity index (χ3v) is 1.42. The van der Waals surface area contributed by atoms with Crippen LogP contribution in [0, 0.1) is 0 Å². The number of hydrogen-bond donors (Lipinski definition) is 0. The monoisotopic (exact) mass is 181 g/mol. The lowest BCUT2D eigenvalue weighted by molar-refractivity contribution is -0.142. The highest BCUT2D eigenvalue weighted by Gasteiger charge is 2.13. The molecule has 0 aliphatic carbocycles. The summed E-state index contributed by atoms with van der Waals surface area (Å²) in [5.41, 5.74) is 0. The van der Waals surface area contributed by atoms with Crippen LogP contribution in [0.25, 0.3) is 0 Å². The number of ether oxygens (including phenoxy) is 1. The molecule has 12 heavy (non-hydrogen) atoms. The van der Waals surface area contributed by atoms with Crippen molar-refractivity contribution in [1.29, 1.82) is 0 Å². The number of hydrogen-bond acceptors (Lipinski definition) is 3. The van der Waals surface area contributed by atoms with Crippen molar-refractivity contribution in [1.82, 2.24) is 4.90 Å². The van der Waals surface area contributed by atoms with Crippen LogP contribution in [0.15, 0.2) is 0 Å². The Balaban J connectivity index is 3.74. The molecule has 0 aromatic carbocycles. The quantitative estimate of drug-likeness (QED) is 0.586. The molecule has 0 fully saturated rings. The summed E-state index contributed by atoms with van der Waals surface area (Å²) in [6.45, 7) is 1.67. The van der Waals surface area contributed by atoms with Crippen LogP contribution >= 0.6 is 0 Å². The summed E-state index contributed by atoms with van der Waals surface area (Å²) in [5.74, 6) is -0.488. The minimum absolute atomic E-state index is 0.0721. The predicted molar refractivity (Wildman–Crippen MR) is 40.1 cm³/mol. The number of nitrogens with zero attached hydrogens (tertiary/aromatic N) is 1. The number of esters is 1. The van der Waals surface area contributed by atoms with E-state index < -0.39 is 12.4 Å². The topological polar surface area (TPSA) is 29.5 Å². The van der Waals surface area contributed by atoms with E-state index in [4.69, 9.17) is 0 Å². The molecular weight excluding hydrogens is 168 g/mol. The number of rotatable bonds is 5. The molecule has 0 rings (SSSR count). The number of carbonyl (C=O) groups excluding carboxylic acids is 1. The first-order valence-corrected chi connectivity index (χ1v) is 3.67. The fourth-order valence-electron chi connectivity index (χ4n) is 0.748. The minimum atomic E-state index is -2.41. The summed E-state index contributed by atoms with van der Waals surface area (Å²) in [6.07, 6.45) is -2.41. The maximum Gasteiger partial charge on any atom is 0.319 e. The van der Waals surface area contributed by atoms with Crippen LogP contribution < -0.4 is 0 Å². The van der Waals surface area contributed by atoms with Crippen molar-refractivity contribution in [3.63, 3.8) is 0 Å². The molecule has 0 atom stereocenters. The van der Waals surface area contributed by atoms with E-state index in [9.17, 15) is 13.6 Å². The van der Waals surface area contributed by atoms with Gasteiger partial charge in [-0.3, -0.25) is 9.69 Å². The van der Waals surface area contributed by atoms with Gasteiger partial charge in [0, 0.05) is 0 Å². The third kappa shape index (κ3) is 5.01. The van der Waals surface area contributed by atoms with Crippen LogP contribution in [0.2, 0.25) is 0 Å². The van der Waals surface area contributed by atoms with E-state index >= 15 is 0 Å². The summed E-state index contributed by atoms with van der Waals surface area (Å²) in [4.78, 5) is 12.0. The van der Waals surface area contributed by atoms with Crippen molar-refractivity contribution in [3.05, 3.63) is 0 Å². The second-order valence-corrected chi connectivity index (χ2v) is 2.29. The molecule has 0 aliphatic rings. The molecule has 0 saturated carbocycles. The van der Waals surface area contributed by atoms with Gasteiger partial charge >= 0.3 is 5.97 Å². The highest BCUT2D eigenvalue weighted by molar-refractivity contribution is 5.71. The average molecular weight is 181 g/mol. The van der Waals surface area contributed by atoms with Crippen LogP contribution in [0.5, 0.6) is 0 Å². The number of likely N-dealkylation sites (N-methyl/N-ethyl adjacent to an activating group) is 1. The van der Waals surface area contributed by atoms with Gasteiger partial charge in [-0.15, -0.1) is 0 Å². The van der Waals surface area contributed by atoms with E-state index in [1.54, 1.807) is 6.92 Å². The lowest BCUT2D eigenvalue weighted by atomic mass is 10.4. The SMILES string of the molecule is CCN(CC(=O)OC)CC(F)F. The van der Waals surface area contributed by atoms with Crippen LogP contribution in [0.3, 0.4) is 0 Å². The normalized spacial score (nSPS) is 10.8. The molecule has 0 aromatic heterocycles. The van der Waals surface area contributed by atoms with Crippen LogP contribution in [-0.4, -0.2) is 44.0 Å². The average Bonchev–Trinajstić information content (AvgIpc) is 2.02. The summed E-state index contributed by atoms with van der Waals surface area (Å²) in [5, 5.41) is 0. The van der Waals surface area contributed by atoms with Gasteiger partial charge in [-0.2, -0.15) is 0 Å². The van der Waals surface area contributed by atoms with E-state index in [0.717, 1.165) is 0 Å². The molecule has 3 nitrogen and oxygen atoms in total. The van der Waals surface area contributed by atoms with E-state index in [2.05, 4.69) is 4.74 Å². The number of carbonyl (C=O) groups is 1. The number of halogens is 2. The summed E-state index contributed by atoms with van der Waals surface area (Å²) in [7, 11) is 1.23. The van der Waals surface area contributed by atoms with E-state index in [-0.39, 0.29) is 13.1 Å². The van der Waals surface area contributed by atoms with Gasteiger partial charge in [0.2, 0.25) is 0 Å². The van der Waals surface area contributed by atoms with Gasteiger partial charge in [0.1, 0.15) is 0 Å². The summed E-state index contributed by atoms with van der Waals surface area (Å²) >= 11 is 0. The fraction of sp³-hybridized carbons (Fsp3) is 0.857. The molecule has 0 unspecified atom stereocenters. The van der Waals surface area contributed by atoms with Crippen molar-refractivity contribution < 1.29 is 18.3 Å². The van der Waals surface area contributed by atoms with Gasteiger partial charge in [0.25, 0.3) is 6.43 Å². The molecule has 0 heterocycles. The van der Waals surface area contributed by atoms with Crippen molar-refractivity contribution in [2.75, 3.05) is 26.7 Å². The van der Waals surface area contributed by atoms with Gasteiger partial charge in [0.05, 0.1) is 20.2 Å². The van der Waals surface area contributed by atoms with Crippen molar-refractivity contribution in [2.24, 2.45) is 0 Å².